The molecule has 0 saturated heterocycles. The highest BCUT2D eigenvalue weighted by Gasteiger charge is 2.18. The number of aryl methyl sites for hydroxylation is 2. The highest BCUT2D eigenvalue weighted by atomic mass is 32.2. The van der Waals surface area contributed by atoms with Crippen LogP contribution in [0, 0.1) is 13.8 Å². The maximum Gasteiger partial charge on any atom is 0.233 e. The monoisotopic (exact) mass is 327 g/mol. The van der Waals surface area contributed by atoms with Crippen molar-refractivity contribution < 1.29 is 4.79 Å². The lowest BCUT2D eigenvalue weighted by molar-refractivity contribution is -0.121. The van der Waals surface area contributed by atoms with Crippen molar-refractivity contribution in [1.29, 1.82) is 0 Å². The lowest BCUT2D eigenvalue weighted by Crippen LogP contribution is -2.34. The lowest BCUT2D eigenvalue weighted by atomic mass is 10.0. The molecule has 1 amide bonds. The lowest BCUT2D eigenvalue weighted by Gasteiger charge is -2.20. The maximum atomic E-state index is 12.5. The molecule has 0 bridgehead atoms. The van der Waals surface area contributed by atoms with Gasteiger partial charge >= 0.3 is 0 Å². The molecule has 0 aromatic heterocycles. The largest absolute Gasteiger partial charge is 0.348 e. The molecule has 2 aromatic carbocycles. The first kappa shape index (κ1) is 17.6. The molecule has 23 heavy (non-hydrogen) atoms. The Hall–Kier alpha value is -1.74. The van der Waals surface area contributed by atoms with Crippen molar-refractivity contribution in [3.8, 4) is 0 Å². The van der Waals surface area contributed by atoms with Crippen molar-refractivity contribution in [3.63, 3.8) is 0 Å². The number of carbonyl (C=O) groups excluding carboxylic acids is 1. The molecular formula is C20H25NOS. The van der Waals surface area contributed by atoms with Crippen LogP contribution in [0.25, 0.3) is 0 Å². The van der Waals surface area contributed by atoms with E-state index in [1.807, 2.05) is 6.92 Å². The fraction of sp³-hybridized carbons (Fsp3) is 0.350. The molecule has 0 unspecified atom stereocenters. The van der Waals surface area contributed by atoms with Crippen molar-refractivity contribution in [3.05, 3.63) is 65.2 Å². The van der Waals surface area contributed by atoms with Crippen LogP contribution in [-0.4, -0.2) is 11.2 Å². The molecule has 2 rings (SSSR count). The zero-order valence-corrected chi connectivity index (χ0v) is 15.1. The molecule has 0 spiro atoms. The summed E-state index contributed by atoms with van der Waals surface area (Å²) in [6.07, 6.45) is 0.886. The van der Waals surface area contributed by atoms with Crippen molar-refractivity contribution in [2.24, 2.45) is 0 Å². The van der Waals surface area contributed by atoms with Gasteiger partial charge in [0.05, 0.1) is 11.3 Å². The summed E-state index contributed by atoms with van der Waals surface area (Å²) in [4.78, 5) is 13.6. The molecule has 1 N–H and O–H groups in total. The van der Waals surface area contributed by atoms with Crippen LogP contribution in [0.2, 0.25) is 0 Å². The highest BCUT2D eigenvalue weighted by Crippen LogP contribution is 2.25. The summed E-state index contributed by atoms with van der Waals surface area (Å²) >= 11 is 1.60. The fourth-order valence-electron chi connectivity index (χ4n) is 2.38. The Morgan fingerprint density at radius 1 is 1.00 bits per heavy atom. The first-order valence-corrected chi connectivity index (χ1v) is 8.98. The fourth-order valence-corrected chi connectivity index (χ4v) is 3.26. The van der Waals surface area contributed by atoms with Gasteiger partial charge in [-0.1, -0.05) is 54.4 Å². The van der Waals surface area contributed by atoms with Crippen molar-refractivity contribution in [2.75, 3.05) is 0 Å². The molecule has 0 fully saturated rings. The number of rotatable bonds is 6. The first-order chi connectivity index (χ1) is 11.0. The number of nitrogens with one attached hydrogen (secondary N) is 1. The van der Waals surface area contributed by atoms with E-state index in [0.717, 1.165) is 11.3 Å². The molecule has 0 heterocycles. The van der Waals surface area contributed by atoms with Gasteiger partial charge in [0.1, 0.15) is 0 Å². The number of amides is 1. The summed E-state index contributed by atoms with van der Waals surface area (Å²) in [5, 5.41) is 3.06. The van der Waals surface area contributed by atoms with Gasteiger partial charge in [-0.15, -0.1) is 11.8 Å². The molecule has 0 aliphatic heterocycles. The van der Waals surface area contributed by atoms with Gasteiger partial charge in [-0.3, -0.25) is 4.79 Å². The Morgan fingerprint density at radius 2 is 1.52 bits per heavy atom. The summed E-state index contributed by atoms with van der Waals surface area (Å²) in [5.41, 5.74) is 3.63. The van der Waals surface area contributed by atoms with Crippen LogP contribution >= 0.6 is 11.8 Å². The minimum absolute atomic E-state index is 0.0733. The van der Waals surface area contributed by atoms with Crippen LogP contribution < -0.4 is 5.32 Å². The van der Waals surface area contributed by atoms with E-state index in [1.165, 1.54) is 16.7 Å². The third-order valence-electron chi connectivity index (χ3n) is 3.91. The quantitative estimate of drug-likeness (QED) is 0.752. The van der Waals surface area contributed by atoms with Crippen LogP contribution in [0.4, 0.5) is 0 Å². The Bertz CT molecular complexity index is 634. The Labute approximate surface area is 143 Å². The molecule has 122 valence electrons. The normalized spacial score (nSPS) is 13.4. The zero-order valence-electron chi connectivity index (χ0n) is 14.3. The second-order valence-electron chi connectivity index (χ2n) is 5.95. The van der Waals surface area contributed by atoms with Gasteiger partial charge in [0.15, 0.2) is 0 Å². The molecule has 0 saturated carbocycles. The topological polar surface area (TPSA) is 29.1 Å². The molecular weight excluding hydrogens is 302 g/mol. The van der Waals surface area contributed by atoms with Gasteiger partial charge in [-0.25, -0.2) is 0 Å². The molecule has 2 aromatic rings. The van der Waals surface area contributed by atoms with Crippen LogP contribution in [0.3, 0.4) is 0 Å². The van der Waals surface area contributed by atoms with Crippen LogP contribution in [0.5, 0.6) is 0 Å². The first-order valence-electron chi connectivity index (χ1n) is 8.10. The number of benzene rings is 2. The maximum absolute atomic E-state index is 12.5. The van der Waals surface area contributed by atoms with E-state index in [9.17, 15) is 4.79 Å². The summed E-state index contributed by atoms with van der Waals surface area (Å²) in [6, 6.07) is 16.8. The van der Waals surface area contributed by atoms with E-state index < -0.39 is 0 Å². The predicted molar refractivity (Wildman–Crippen MR) is 98.9 cm³/mol. The smallest absolute Gasteiger partial charge is 0.233 e. The van der Waals surface area contributed by atoms with E-state index in [4.69, 9.17) is 0 Å². The Balaban J connectivity index is 1.98. The Kier molecular flexibility index (Phi) is 6.28. The van der Waals surface area contributed by atoms with E-state index >= 15 is 0 Å². The molecule has 2 nitrogen and oxygen atoms in total. The summed E-state index contributed by atoms with van der Waals surface area (Å²) < 4.78 is 0. The third-order valence-corrected chi connectivity index (χ3v) is 5.02. The number of carbonyl (C=O) groups is 1. The second kappa shape index (κ2) is 8.21. The molecule has 0 aliphatic carbocycles. The zero-order chi connectivity index (χ0) is 16.8. The van der Waals surface area contributed by atoms with E-state index in [0.29, 0.717) is 0 Å². The Morgan fingerprint density at radius 3 is 2.04 bits per heavy atom. The van der Waals surface area contributed by atoms with E-state index in [-0.39, 0.29) is 17.2 Å². The van der Waals surface area contributed by atoms with Gasteiger partial charge in [-0.2, -0.15) is 0 Å². The van der Waals surface area contributed by atoms with E-state index in [1.54, 1.807) is 11.8 Å². The van der Waals surface area contributed by atoms with Gasteiger partial charge < -0.3 is 5.32 Å². The standard InChI is InChI=1S/C20H25NOS/c1-5-19(17-10-6-14(2)7-11-17)21-20(22)16(4)23-18-12-8-15(3)9-13-18/h6-13,16,19H,5H2,1-4H3,(H,21,22)/t16-,19-/m1/s1. The average molecular weight is 327 g/mol. The number of hydrogen-bond donors (Lipinski definition) is 1. The second-order valence-corrected chi connectivity index (χ2v) is 7.37. The van der Waals surface area contributed by atoms with Gasteiger partial charge in [0, 0.05) is 4.90 Å². The van der Waals surface area contributed by atoms with Gasteiger partial charge in [-0.05, 0) is 44.9 Å². The summed E-state index contributed by atoms with van der Waals surface area (Å²) in [5.74, 6) is 0.0861. The van der Waals surface area contributed by atoms with Crippen molar-refractivity contribution in [1.82, 2.24) is 5.32 Å². The van der Waals surface area contributed by atoms with Crippen LogP contribution in [0.1, 0.15) is 43.0 Å². The van der Waals surface area contributed by atoms with Crippen LogP contribution in [0.15, 0.2) is 53.4 Å². The average Bonchev–Trinajstić information content (AvgIpc) is 2.55. The number of thioether (sulfide) groups is 1. The third kappa shape index (κ3) is 5.14. The minimum atomic E-state index is -0.114. The summed E-state index contributed by atoms with van der Waals surface area (Å²) in [7, 11) is 0. The molecule has 0 radical (unpaired) electrons. The molecule has 2 atom stereocenters. The van der Waals surface area contributed by atoms with Crippen molar-refractivity contribution >= 4 is 17.7 Å². The van der Waals surface area contributed by atoms with Gasteiger partial charge in [0.2, 0.25) is 5.91 Å². The van der Waals surface area contributed by atoms with Crippen molar-refractivity contribution in [2.45, 2.75) is 50.3 Å². The van der Waals surface area contributed by atoms with Gasteiger partial charge in [0.25, 0.3) is 0 Å². The highest BCUT2D eigenvalue weighted by molar-refractivity contribution is 8.00. The molecule has 0 aliphatic rings. The summed E-state index contributed by atoms with van der Waals surface area (Å²) in [6.45, 7) is 8.20. The van der Waals surface area contributed by atoms with E-state index in [2.05, 4.69) is 74.6 Å². The minimum Gasteiger partial charge on any atom is -0.348 e. The number of hydrogen-bond acceptors (Lipinski definition) is 2. The molecule has 3 heteroatoms. The predicted octanol–water partition coefficient (Wildman–Crippen LogP) is 5.05. The van der Waals surface area contributed by atoms with Crippen LogP contribution in [-0.2, 0) is 4.79 Å². The SMILES string of the molecule is CC[C@@H](NC(=O)[C@@H](C)Sc1ccc(C)cc1)c1ccc(C)cc1.